The molecule has 1 saturated heterocycles. The number of nitrogens with zero attached hydrogens (tertiary/aromatic N) is 4. The highest BCUT2D eigenvalue weighted by Gasteiger charge is 2.42. The number of ether oxygens (including phenoxy) is 1. The number of hydrogen-bond donors (Lipinski definition) is 0. The largest absolute Gasteiger partial charge is 0.491 e. The van der Waals surface area contributed by atoms with Gasteiger partial charge in [0.05, 0.1) is 12.0 Å². The molecule has 1 fully saturated rings. The number of aromatic nitrogens is 2. The predicted molar refractivity (Wildman–Crippen MR) is 142 cm³/mol. The summed E-state index contributed by atoms with van der Waals surface area (Å²) in [6, 6.07) is 17.1. The van der Waals surface area contributed by atoms with Crippen LogP contribution >= 0.6 is 0 Å². The Kier molecular flexibility index (Phi) is 7.42. The molecule has 6 heteroatoms. The molecule has 6 nitrogen and oxygen atoms in total. The van der Waals surface area contributed by atoms with E-state index < -0.39 is 0 Å². The number of imidazole rings is 1. The van der Waals surface area contributed by atoms with Crippen LogP contribution in [0.2, 0.25) is 0 Å². The molecule has 0 N–H and O–H groups in total. The lowest BCUT2D eigenvalue weighted by molar-refractivity contribution is -0.145. The summed E-state index contributed by atoms with van der Waals surface area (Å²) >= 11 is 0. The molecule has 2 aromatic carbocycles. The number of carbonyl (C=O) groups excluding carboxylic acids is 1. The molecule has 1 aromatic heterocycles. The molecule has 5 rings (SSSR count). The molecule has 36 heavy (non-hydrogen) atoms. The van der Waals surface area contributed by atoms with Crippen molar-refractivity contribution in [2.75, 3.05) is 33.3 Å². The normalized spacial score (nSPS) is 19.3. The number of hydrogen-bond acceptors (Lipinski definition) is 4. The molecular formula is C30H38N4O2. The second-order valence-electron chi connectivity index (χ2n) is 10.5. The topological polar surface area (TPSA) is 50.6 Å². The van der Waals surface area contributed by atoms with E-state index in [1.165, 1.54) is 11.1 Å². The minimum atomic E-state index is -0.243. The van der Waals surface area contributed by atoms with Crippen LogP contribution in [0.15, 0.2) is 60.9 Å². The molecule has 2 aliphatic rings. The first-order valence-corrected chi connectivity index (χ1v) is 13.3. The molecule has 0 radical (unpaired) electrons. The highest BCUT2D eigenvalue weighted by Crippen LogP contribution is 2.39. The number of para-hydroxylation sites is 1. The summed E-state index contributed by atoms with van der Waals surface area (Å²) in [5.74, 6) is 2.27. The molecule has 0 saturated carbocycles. The van der Waals surface area contributed by atoms with E-state index in [1.807, 2.05) is 43.4 Å². The van der Waals surface area contributed by atoms with Gasteiger partial charge in [-0.1, -0.05) is 36.8 Å². The summed E-state index contributed by atoms with van der Waals surface area (Å²) in [5.41, 5.74) is 3.49. The number of fused-ring (bicyclic) bond motifs is 1. The van der Waals surface area contributed by atoms with E-state index in [4.69, 9.17) is 4.74 Å². The molecule has 0 aliphatic carbocycles. The number of carbonyl (C=O) groups is 1. The third-order valence-electron chi connectivity index (χ3n) is 8.07. The molecule has 3 heterocycles. The van der Waals surface area contributed by atoms with Gasteiger partial charge in [0.25, 0.3) is 0 Å². The molecule has 2 aliphatic heterocycles. The third kappa shape index (κ3) is 5.34. The van der Waals surface area contributed by atoms with Crippen LogP contribution in [-0.2, 0) is 17.8 Å². The number of likely N-dealkylation sites (tertiary alicyclic amines) is 1. The van der Waals surface area contributed by atoms with E-state index in [0.717, 1.165) is 75.4 Å². The number of likely N-dealkylation sites (N-methyl/N-ethyl adjacent to an activating group) is 1. The van der Waals surface area contributed by atoms with Crippen LogP contribution in [0.1, 0.15) is 49.1 Å². The van der Waals surface area contributed by atoms with Crippen LogP contribution in [0.4, 0.5) is 0 Å². The molecule has 190 valence electrons. The minimum absolute atomic E-state index is 0.243. The second kappa shape index (κ2) is 10.9. The lowest BCUT2D eigenvalue weighted by atomic mass is 9.73. The monoisotopic (exact) mass is 486 g/mol. The van der Waals surface area contributed by atoms with Crippen LogP contribution in [0.3, 0.4) is 0 Å². The van der Waals surface area contributed by atoms with E-state index >= 15 is 0 Å². The summed E-state index contributed by atoms with van der Waals surface area (Å²) in [5, 5.41) is 0. The zero-order chi connectivity index (χ0) is 25.0. The van der Waals surface area contributed by atoms with Crippen molar-refractivity contribution in [1.29, 1.82) is 0 Å². The number of benzene rings is 2. The van der Waals surface area contributed by atoms with E-state index in [2.05, 4.69) is 50.8 Å². The smallest absolute Gasteiger partial charge is 0.228 e. The van der Waals surface area contributed by atoms with Crippen LogP contribution in [-0.4, -0.2) is 58.5 Å². The van der Waals surface area contributed by atoms with E-state index in [0.29, 0.717) is 19.1 Å². The van der Waals surface area contributed by atoms with Crippen molar-refractivity contribution in [2.45, 2.75) is 52.0 Å². The van der Waals surface area contributed by atoms with Gasteiger partial charge in [0.15, 0.2) is 0 Å². The Balaban J connectivity index is 1.22. The van der Waals surface area contributed by atoms with Crippen molar-refractivity contribution in [1.82, 2.24) is 19.4 Å². The molecule has 3 aromatic rings. The van der Waals surface area contributed by atoms with Crippen LogP contribution in [0.5, 0.6) is 5.75 Å². The summed E-state index contributed by atoms with van der Waals surface area (Å²) in [6.45, 7) is 6.03. The number of piperidine rings is 1. The van der Waals surface area contributed by atoms with E-state index in [9.17, 15) is 4.79 Å². The van der Waals surface area contributed by atoms with Gasteiger partial charge in [0, 0.05) is 31.7 Å². The van der Waals surface area contributed by atoms with Crippen molar-refractivity contribution in [3.8, 4) is 11.4 Å². The summed E-state index contributed by atoms with van der Waals surface area (Å²) in [6.07, 6.45) is 9.84. The molecule has 0 bridgehead atoms. The van der Waals surface area contributed by atoms with Crippen molar-refractivity contribution in [3.63, 3.8) is 0 Å². The highest BCUT2D eigenvalue weighted by molar-refractivity contribution is 5.82. The van der Waals surface area contributed by atoms with Gasteiger partial charge in [-0.3, -0.25) is 9.69 Å². The Morgan fingerprint density at radius 1 is 0.972 bits per heavy atom. The third-order valence-corrected chi connectivity index (χ3v) is 8.07. The molecule has 0 atom stereocenters. The quantitative estimate of drug-likeness (QED) is 0.521. The Morgan fingerprint density at radius 3 is 2.50 bits per heavy atom. The predicted octanol–water partition coefficient (Wildman–Crippen LogP) is 5.03. The van der Waals surface area contributed by atoms with Crippen LogP contribution in [0.25, 0.3) is 5.69 Å². The van der Waals surface area contributed by atoms with E-state index in [1.54, 1.807) is 0 Å². The average molecular weight is 487 g/mol. The van der Waals surface area contributed by atoms with Crippen molar-refractivity contribution >= 4 is 5.91 Å². The van der Waals surface area contributed by atoms with Gasteiger partial charge in [-0.05, 0) is 81.4 Å². The fourth-order valence-corrected chi connectivity index (χ4v) is 5.81. The van der Waals surface area contributed by atoms with Crippen LogP contribution < -0.4 is 4.74 Å². The van der Waals surface area contributed by atoms with E-state index in [-0.39, 0.29) is 5.41 Å². The zero-order valence-corrected chi connectivity index (χ0v) is 21.7. The van der Waals surface area contributed by atoms with Crippen LogP contribution in [0, 0.1) is 12.3 Å². The first-order valence-electron chi connectivity index (χ1n) is 13.3. The Labute approximate surface area is 214 Å². The maximum atomic E-state index is 13.7. The maximum absolute atomic E-state index is 13.7. The van der Waals surface area contributed by atoms with Crippen molar-refractivity contribution in [3.05, 3.63) is 77.9 Å². The Hall–Kier alpha value is -3.12. The van der Waals surface area contributed by atoms with Crippen molar-refractivity contribution in [2.24, 2.45) is 5.41 Å². The molecule has 1 amide bonds. The first kappa shape index (κ1) is 24.6. The number of rotatable bonds is 3. The summed E-state index contributed by atoms with van der Waals surface area (Å²) in [4.78, 5) is 22.4. The first-order chi connectivity index (χ1) is 17.5. The average Bonchev–Trinajstić information content (AvgIpc) is 3.33. The lowest BCUT2D eigenvalue weighted by Crippen LogP contribution is -2.50. The van der Waals surface area contributed by atoms with Gasteiger partial charge in [-0.2, -0.15) is 0 Å². The fraction of sp³-hybridized carbons (Fsp3) is 0.467. The van der Waals surface area contributed by atoms with Gasteiger partial charge in [0.1, 0.15) is 18.2 Å². The van der Waals surface area contributed by atoms with Gasteiger partial charge < -0.3 is 14.2 Å². The lowest BCUT2D eigenvalue weighted by Gasteiger charge is -2.43. The standard InChI is InChI=1S/C30H38N4O2/c1-24-31-17-20-34(24)27-12-10-25(11-13-27)23-33-18-15-30(16-19-33)14-6-5-8-26-7-3-4-9-28(26)36-22-21-32(2)29(30)35/h3-4,7,9-13,17,20H,5-6,8,14-16,18-19,21-23H2,1-2H3. The Morgan fingerprint density at radius 2 is 1.75 bits per heavy atom. The summed E-state index contributed by atoms with van der Waals surface area (Å²) < 4.78 is 8.17. The van der Waals surface area contributed by atoms with Gasteiger partial charge in [-0.15, -0.1) is 0 Å². The second-order valence-corrected chi connectivity index (χ2v) is 10.5. The van der Waals surface area contributed by atoms with Gasteiger partial charge in [0.2, 0.25) is 5.91 Å². The maximum Gasteiger partial charge on any atom is 0.228 e. The van der Waals surface area contributed by atoms with Gasteiger partial charge >= 0.3 is 0 Å². The molecule has 0 unspecified atom stereocenters. The van der Waals surface area contributed by atoms with Gasteiger partial charge in [-0.25, -0.2) is 4.98 Å². The fourth-order valence-electron chi connectivity index (χ4n) is 5.81. The SMILES string of the molecule is Cc1nccn1-c1ccc(CN2CCC3(CCCCc4ccccc4OCCN(C)C3=O)CC2)cc1. The molecular weight excluding hydrogens is 448 g/mol. The Bertz CT molecular complexity index is 1160. The minimum Gasteiger partial charge on any atom is -0.491 e. The highest BCUT2D eigenvalue weighted by atomic mass is 16.5. The number of aryl methyl sites for hydroxylation is 2. The zero-order valence-electron chi connectivity index (χ0n) is 21.7. The van der Waals surface area contributed by atoms with Crippen molar-refractivity contribution < 1.29 is 9.53 Å². The molecule has 1 spiro atoms. The number of amides is 1. The summed E-state index contributed by atoms with van der Waals surface area (Å²) in [7, 11) is 1.95.